The van der Waals surface area contributed by atoms with Crippen LogP contribution in [0, 0.1) is 6.92 Å². The van der Waals surface area contributed by atoms with Crippen LogP contribution in [0.4, 0.5) is 5.82 Å². The lowest BCUT2D eigenvalue weighted by atomic mass is 10.2. The van der Waals surface area contributed by atoms with E-state index in [1.54, 1.807) is 13.8 Å². The lowest BCUT2D eigenvalue weighted by Crippen LogP contribution is -2.36. The van der Waals surface area contributed by atoms with Gasteiger partial charge in [-0.05, 0) is 30.9 Å². The second-order valence-corrected chi connectivity index (χ2v) is 7.78. The van der Waals surface area contributed by atoms with Gasteiger partial charge in [0.1, 0.15) is 9.71 Å². The molecule has 3 aromatic heterocycles. The van der Waals surface area contributed by atoms with E-state index in [9.17, 15) is 19.5 Å². The minimum absolute atomic E-state index is 0.138. The van der Waals surface area contributed by atoms with E-state index in [1.165, 1.54) is 17.4 Å². The van der Waals surface area contributed by atoms with E-state index in [2.05, 4.69) is 15.4 Å². The molecular formula is C17H12N4O4S2. The molecule has 0 saturated heterocycles. The topological polar surface area (TPSA) is 112 Å². The number of nitrogens with zero attached hydrogens (tertiary/aromatic N) is 3. The Labute approximate surface area is 160 Å². The van der Waals surface area contributed by atoms with E-state index in [-0.39, 0.29) is 10.7 Å². The molecule has 4 rings (SSSR count). The summed E-state index contributed by atoms with van der Waals surface area (Å²) in [7, 11) is 0. The Balaban J connectivity index is 1.90. The van der Waals surface area contributed by atoms with Gasteiger partial charge in [-0.15, -0.1) is 22.7 Å². The van der Waals surface area contributed by atoms with E-state index < -0.39 is 17.8 Å². The Hall–Kier alpha value is -3.11. The van der Waals surface area contributed by atoms with Crippen LogP contribution in [0.2, 0.25) is 0 Å². The number of hydrazine groups is 1. The number of rotatable bonds is 4. The van der Waals surface area contributed by atoms with Gasteiger partial charge in [-0.25, -0.2) is 14.8 Å². The molecule has 3 aromatic rings. The maximum Gasteiger partial charge on any atom is 0.346 e. The first-order valence-corrected chi connectivity index (χ1v) is 9.48. The molecule has 0 bridgehead atoms. The molecule has 0 aromatic carbocycles. The predicted octanol–water partition coefficient (Wildman–Crippen LogP) is 3.07. The molecule has 0 spiro atoms. The molecule has 10 heteroatoms. The van der Waals surface area contributed by atoms with Crippen LogP contribution >= 0.6 is 22.7 Å². The van der Waals surface area contributed by atoms with Gasteiger partial charge in [-0.2, -0.15) is 5.01 Å². The van der Waals surface area contributed by atoms with E-state index in [4.69, 9.17) is 0 Å². The Morgan fingerprint density at radius 2 is 2.04 bits per heavy atom. The summed E-state index contributed by atoms with van der Waals surface area (Å²) < 4.78 is 0. The van der Waals surface area contributed by atoms with Crippen LogP contribution in [0.3, 0.4) is 0 Å². The maximum absolute atomic E-state index is 12.2. The van der Waals surface area contributed by atoms with Crippen LogP contribution in [0.1, 0.15) is 22.2 Å². The van der Waals surface area contributed by atoms with Gasteiger partial charge in [0.25, 0.3) is 11.8 Å². The number of imide groups is 1. The lowest BCUT2D eigenvalue weighted by molar-refractivity contribution is -0.135. The zero-order valence-electron chi connectivity index (χ0n) is 14.1. The smallest absolute Gasteiger partial charge is 0.346 e. The summed E-state index contributed by atoms with van der Waals surface area (Å²) in [5.41, 5.74) is 3.55. The molecule has 4 heterocycles. The van der Waals surface area contributed by atoms with Crippen molar-refractivity contribution in [3.05, 3.63) is 39.6 Å². The first-order valence-electron chi connectivity index (χ1n) is 7.78. The second-order valence-electron chi connectivity index (χ2n) is 5.83. The van der Waals surface area contributed by atoms with Gasteiger partial charge in [-0.3, -0.25) is 15.0 Å². The highest BCUT2D eigenvalue weighted by molar-refractivity contribution is 7.20. The van der Waals surface area contributed by atoms with Crippen LogP contribution in [0.5, 0.6) is 0 Å². The van der Waals surface area contributed by atoms with Gasteiger partial charge in [0.15, 0.2) is 11.6 Å². The highest BCUT2D eigenvalue weighted by atomic mass is 32.1. The number of carbonyl (C=O) groups excluding carboxylic acids is 2. The van der Waals surface area contributed by atoms with Crippen molar-refractivity contribution in [3.8, 4) is 10.7 Å². The minimum Gasteiger partial charge on any atom is -0.477 e. The number of nitrogens with one attached hydrogen (secondary N) is 1. The van der Waals surface area contributed by atoms with Crippen LogP contribution in [0.15, 0.2) is 29.2 Å². The van der Waals surface area contributed by atoms with Crippen LogP contribution in [-0.4, -0.2) is 37.9 Å². The molecule has 8 nitrogen and oxygen atoms in total. The Bertz CT molecular complexity index is 1150. The Kier molecular flexibility index (Phi) is 4.01. The number of hydrogen-bond acceptors (Lipinski definition) is 8. The van der Waals surface area contributed by atoms with E-state index in [0.717, 1.165) is 21.2 Å². The highest BCUT2D eigenvalue weighted by Crippen LogP contribution is 2.36. The minimum atomic E-state index is -1.06. The molecule has 27 heavy (non-hydrogen) atoms. The van der Waals surface area contributed by atoms with Crippen molar-refractivity contribution in [2.24, 2.45) is 0 Å². The van der Waals surface area contributed by atoms with Crippen LogP contribution in [0.25, 0.3) is 20.9 Å². The zero-order chi connectivity index (χ0) is 19.3. The summed E-state index contributed by atoms with van der Waals surface area (Å²) in [6.07, 6.45) is 1.23. The molecule has 0 saturated carbocycles. The number of aryl methyl sites for hydroxylation is 1. The van der Waals surface area contributed by atoms with Crippen LogP contribution in [-0.2, 0) is 9.59 Å². The van der Waals surface area contributed by atoms with Gasteiger partial charge >= 0.3 is 5.97 Å². The Morgan fingerprint density at radius 3 is 2.63 bits per heavy atom. The summed E-state index contributed by atoms with van der Waals surface area (Å²) in [4.78, 5) is 46.2. The van der Waals surface area contributed by atoms with Crippen molar-refractivity contribution in [2.75, 3.05) is 5.43 Å². The fourth-order valence-electron chi connectivity index (χ4n) is 2.74. The molecule has 0 unspecified atom stereocenters. The third-order valence-corrected chi connectivity index (χ3v) is 6.08. The molecule has 136 valence electrons. The number of thiophene rings is 2. The molecule has 0 fully saturated rings. The molecule has 2 N–H and O–H groups in total. The summed E-state index contributed by atoms with van der Waals surface area (Å²) in [5.74, 6) is -1.44. The molecular weight excluding hydrogens is 388 g/mol. The van der Waals surface area contributed by atoms with Gasteiger partial charge in [0.2, 0.25) is 0 Å². The first kappa shape index (κ1) is 17.3. The van der Waals surface area contributed by atoms with E-state index in [1.807, 2.05) is 17.5 Å². The third-order valence-electron chi connectivity index (χ3n) is 4.04. The summed E-state index contributed by atoms with van der Waals surface area (Å²) in [6.45, 7) is 3.20. The zero-order valence-corrected chi connectivity index (χ0v) is 15.8. The SMILES string of the molecule is CC1=CC(=O)N(Nc2nc(-c3cccs3)nc3sc(C(=O)O)c(C)c23)C1=O. The van der Waals surface area contributed by atoms with E-state index >= 15 is 0 Å². The average molecular weight is 400 g/mol. The van der Waals surface area contributed by atoms with Gasteiger partial charge in [0.05, 0.1) is 10.3 Å². The summed E-state index contributed by atoms with van der Waals surface area (Å²) in [6, 6.07) is 3.69. The highest BCUT2D eigenvalue weighted by Gasteiger charge is 2.30. The number of carboxylic acid groups (broad SMARTS) is 1. The first-order chi connectivity index (χ1) is 12.9. The largest absolute Gasteiger partial charge is 0.477 e. The van der Waals surface area contributed by atoms with Crippen molar-refractivity contribution in [3.63, 3.8) is 0 Å². The van der Waals surface area contributed by atoms with Crippen molar-refractivity contribution in [2.45, 2.75) is 13.8 Å². The quantitative estimate of drug-likeness (QED) is 0.647. The number of aromatic nitrogens is 2. The second kappa shape index (κ2) is 6.25. The number of anilines is 1. The van der Waals surface area contributed by atoms with E-state index in [0.29, 0.717) is 27.2 Å². The molecule has 0 radical (unpaired) electrons. The van der Waals surface area contributed by atoms with Crippen molar-refractivity contribution in [1.29, 1.82) is 0 Å². The van der Waals surface area contributed by atoms with Gasteiger partial charge in [0, 0.05) is 11.6 Å². The van der Waals surface area contributed by atoms with Gasteiger partial charge in [-0.1, -0.05) is 6.07 Å². The number of carbonyl (C=O) groups is 3. The number of fused-ring (bicyclic) bond motifs is 1. The number of carboxylic acids is 1. The average Bonchev–Trinajstić information content (AvgIpc) is 3.31. The summed E-state index contributed by atoms with van der Waals surface area (Å²) >= 11 is 2.46. The fourth-order valence-corrected chi connectivity index (χ4v) is 4.42. The maximum atomic E-state index is 12.2. The number of hydrogen-bond donors (Lipinski definition) is 2. The monoisotopic (exact) mass is 400 g/mol. The Morgan fingerprint density at radius 1 is 1.26 bits per heavy atom. The predicted molar refractivity (Wildman–Crippen MR) is 102 cm³/mol. The molecule has 2 amide bonds. The fraction of sp³-hybridized carbons (Fsp3) is 0.118. The molecule has 0 atom stereocenters. The van der Waals surface area contributed by atoms with Crippen molar-refractivity contribution in [1.82, 2.24) is 15.0 Å². The standard InChI is InChI=1S/C17H12N4O4S2/c1-7-6-10(22)21(16(7)23)20-14-11-8(2)12(17(24)25)27-15(11)19-13(18-14)9-4-3-5-26-9/h3-6H,1-2H3,(H,24,25)(H,18,19,20). The normalized spacial score (nSPS) is 14.1. The molecule has 1 aliphatic rings. The summed E-state index contributed by atoms with van der Waals surface area (Å²) in [5, 5.41) is 12.6. The van der Waals surface area contributed by atoms with Crippen molar-refractivity contribution < 1.29 is 19.5 Å². The number of amides is 2. The third kappa shape index (κ3) is 2.78. The lowest BCUT2D eigenvalue weighted by Gasteiger charge is -2.17. The van der Waals surface area contributed by atoms with Crippen molar-refractivity contribution >= 4 is 56.5 Å². The van der Waals surface area contributed by atoms with Crippen LogP contribution < -0.4 is 5.43 Å². The molecule has 1 aliphatic heterocycles. The van der Waals surface area contributed by atoms with Gasteiger partial charge < -0.3 is 5.11 Å². The molecule has 0 aliphatic carbocycles. The number of aromatic carboxylic acids is 1.